The zero-order chi connectivity index (χ0) is 67.2. The number of aromatic nitrogens is 12. The van der Waals surface area contributed by atoms with E-state index in [-0.39, 0.29) is 66.4 Å². The molecular formula is C75H78N12O6. The summed E-state index contributed by atoms with van der Waals surface area (Å²) in [5.74, 6) is 3.83. The molecule has 0 radical (unpaired) electrons. The molecule has 4 aromatic carbocycles. The summed E-state index contributed by atoms with van der Waals surface area (Å²) >= 11 is 0. The molecule has 0 saturated heterocycles. The number of ether oxygens (including phenoxy) is 3. The van der Waals surface area contributed by atoms with Crippen molar-refractivity contribution in [3.8, 4) is 85.2 Å². The molecule has 0 bridgehead atoms. The summed E-state index contributed by atoms with van der Waals surface area (Å²) in [4.78, 5) is 100.0. The molecule has 10 rings (SSSR count). The van der Waals surface area contributed by atoms with Crippen LogP contribution in [0.1, 0.15) is 191 Å². The lowest BCUT2D eigenvalue weighted by Gasteiger charge is -2.22. The van der Waals surface area contributed by atoms with Gasteiger partial charge >= 0.3 is 17.9 Å². The number of pyridine rings is 3. The van der Waals surface area contributed by atoms with Gasteiger partial charge in [0, 0.05) is 84.5 Å². The fourth-order valence-electron chi connectivity index (χ4n) is 9.18. The molecule has 0 unspecified atom stereocenters. The average molecular weight is 1240 g/mol. The fraction of sp³-hybridized carbons (Fsp3) is 0.320. The van der Waals surface area contributed by atoms with Crippen LogP contribution in [-0.2, 0) is 32.5 Å². The molecule has 6 heterocycles. The van der Waals surface area contributed by atoms with Crippen molar-refractivity contribution in [3.05, 3.63) is 198 Å². The molecule has 474 valence electrons. The zero-order valence-corrected chi connectivity index (χ0v) is 56.2. The molecule has 0 aliphatic heterocycles. The lowest BCUT2D eigenvalue weighted by Crippen LogP contribution is -2.24. The summed E-state index contributed by atoms with van der Waals surface area (Å²) in [5, 5.41) is 0. The van der Waals surface area contributed by atoms with Crippen molar-refractivity contribution in [2.75, 3.05) is 0 Å². The van der Waals surface area contributed by atoms with Crippen LogP contribution in [0.15, 0.2) is 146 Å². The van der Waals surface area contributed by atoms with Crippen molar-refractivity contribution >= 4 is 17.9 Å². The molecule has 93 heavy (non-hydrogen) atoms. The van der Waals surface area contributed by atoms with Gasteiger partial charge in [0.1, 0.15) is 52.2 Å². The van der Waals surface area contributed by atoms with E-state index in [1.54, 1.807) is 91.4 Å². The molecule has 0 aliphatic carbocycles. The molecule has 0 N–H and O–H groups in total. The minimum atomic E-state index is -0.846. The predicted molar refractivity (Wildman–Crippen MR) is 359 cm³/mol. The highest BCUT2D eigenvalue weighted by Gasteiger charge is 2.30. The largest absolute Gasteiger partial charge is 0.423 e. The molecule has 0 fully saturated rings. The normalized spacial score (nSPS) is 12.3. The first-order valence-corrected chi connectivity index (χ1v) is 30.9. The van der Waals surface area contributed by atoms with Crippen LogP contribution in [0.2, 0.25) is 0 Å². The monoisotopic (exact) mass is 1240 g/mol. The maximum atomic E-state index is 14.2. The van der Waals surface area contributed by atoms with Gasteiger partial charge in [0.2, 0.25) is 0 Å². The summed E-state index contributed by atoms with van der Waals surface area (Å²) in [6.07, 6.45) is 5.18. The third-order valence-corrected chi connectivity index (χ3v) is 14.7. The average Bonchev–Trinajstić information content (AvgIpc) is 0.834. The van der Waals surface area contributed by atoms with E-state index in [0.29, 0.717) is 69.5 Å². The van der Waals surface area contributed by atoms with Crippen molar-refractivity contribution in [3.63, 3.8) is 0 Å². The Labute approximate surface area is 543 Å². The van der Waals surface area contributed by atoms with Gasteiger partial charge < -0.3 is 14.2 Å². The number of nitrogens with zero attached hydrogens (tertiary/aromatic N) is 12. The quantitative estimate of drug-likeness (QED) is 0.0817. The summed E-state index contributed by atoms with van der Waals surface area (Å²) in [6, 6.07) is 35.8. The second kappa shape index (κ2) is 25.1. The van der Waals surface area contributed by atoms with Crippen LogP contribution in [0.4, 0.5) is 0 Å². The SMILES string of the molecule is CC(C)(C)c1nc(-c2ccc(-c3ccc(OC(=O)c4cc(C(=O)Oc5ccc(-c6ccc(-c7nc(C(C)(C)C)nc(C(C)(C)C)n7)cn6)cc5)cc(C(=O)Oc5ccc(-c6ccc(-c7nc(C(C)(C)C)nc(C(C)(C)C)n7)cn6)cc5)c4)cc3)nc2)nc(C(C)(C)C)n1. The van der Waals surface area contributed by atoms with E-state index in [4.69, 9.17) is 74.0 Å². The molecule has 0 atom stereocenters. The molecule has 0 spiro atoms. The Balaban J connectivity index is 0.880. The van der Waals surface area contributed by atoms with Gasteiger partial charge in [0.25, 0.3) is 0 Å². The lowest BCUT2D eigenvalue weighted by atomic mass is 9.93. The second-order valence-corrected chi connectivity index (χ2v) is 29.3. The molecule has 0 amide bonds. The van der Waals surface area contributed by atoms with Gasteiger partial charge in [0.15, 0.2) is 17.5 Å². The Hall–Kier alpha value is -10.2. The van der Waals surface area contributed by atoms with E-state index >= 15 is 0 Å². The van der Waals surface area contributed by atoms with E-state index in [1.165, 1.54) is 18.2 Å². The van der Waals surface area contributed by atoms with E-state index in [9.17, 15) is 14.4 Å². The fourth-order valence-corrected chi connectivity index (χ4v) is 9.18. The Morgan fingerprint density at radius 3 is 0.624 bits per heavy atom. The number of esters is 3. The maximum absolute atomic E-state index is 14.2. The van der Waals surface area contributed by atoms with E-state index in [1.807, 2.05) is 36.4 Å². The molecule has 10 aromatic rings. The van der Waals surface area contributed by atoms with Gasteiger partial charge in [-0.15, -0.1) is 0 Å². The maximum Gasteiger partial charge on any atom is 0.343 e. The number of rotatable bonds is 12. The Bertz CT molecular complexity index is 3860. The van der Waals surface area contributed by atoms with Crippen molar-refractivity contribution in [2.45, 2.75) is 157 Å². The zero-order valence-electron chi connectivity index (χ0n) is 56.2. The number of carbonyl (C=O) groups excluding carboxylic acids is 3. The van der Waals surface area contributed by atoms with Crippen LogP contribution in [0, 0.1) is 0 Å². The number of carbonyl (C=O) groups is 3. The van der Waals surface area contributed by atoms with Crippen molar-refractivity contribution in [1.29, 1.82) is 0 Å². The summed E-state index contributed by atoms with van der Waals surface area (Å²) in [5.41, 5.74) is 4.34. The number of hydrogen-bond acceptors (Lipinski definition) is 18. The standard InChI is InChI=1S/C75H78N12O6/c1-70(2,3)64-79-58(80-65(85-64)71(4,5)6)46-25-34-55(76-40-46)43-19-28-52(29-20-43)91-61(88)49-37-50(62(89)92-53-30-21-44(22-31-53)56-35-26-47(41-77-56)59-81-66(72(7,8)9)86-67(82-59)73(10,11)12)39-51(38-49)63(90)93-54-32-23-45(24-33-54)57-36-27-48(42-78-57)60-83-68(74(13,14)15)87-69(84-60)75(16,17)18/h19-42H,1-18H3. The van der Waals surface area contributed by atoms with Crippen LogP contribution in [0.3, 0.4) is 0 Å². The number of benzene rings is 4. The van der Waals surface area contributed by atoms with Crippen LogP contribution in [0.25, 0.3) is 67.9 Å². The summed E-state index contributed by atoms with van der Waals surface area (Å²) < 4.78 is 17.7. The van der Waals surface area contributed by atoms with Gasteiger partial charge in [-0.3, -0.25) is 15.0 Å². The minimum absolute atomic E-state index is 0.113. The third kappa shape index (κ3) is 15.7. The Kier molecular flexibility index (Phi) is 17.7. The third-order valence-electron chi connectivity index (χ3n) is 14.7. The van der Waals surface area contributed by atoms with Gasteiger partial charge in [-0.05, 0) is 127 Å². The van der Waals surface area contributed by atoms with Gasteiger partial charge in [-0.25, -0.2) is 59.2 Å². The van der Waals surface area contributed by atoms with Crippen LogP contribution >= 0.6 is 0 Å². The molecule has 0 aliphatic rings. The summed E-state index contributed by atoms with van der Waals surface area (Å²) in [7, 11) is 0. The predicted octanol–water partition coefficient (Wildman–Crippen LogP) is 15.9. The smallest absolute Gasteiger partial charge is 0.343 e. The first kappa shape index (κ1) is 65.7. The molecular weight excluding hydrogens is 1160 g/mol. The molecule has 6 aromatic heterocycles. The Morgan fingerprint density at radius 2 is 0.452 bits per heavy atom. The van der Waals surface area contributed by atoms with Crippen molar-refractivity contribution < 1.29 is 28.6 Å². The second-order valence-electron chi connectivity index (χ2n) is 29.3. The van der Waals surface area contributed by atoms with E-state index in [2.05, 4.69) is 125 Å². The highest BCUT2D eigenvalue weighted by molar-refractivity contribution is 6.02. The Morgan fingerprint density at radius 1 is 0.258 bits per heavy atom. The highest BCUT2D eigenvalue weighted by Crippen LogP contribution is 2.33. The first-order valence-electron chi connectivity index (χ1n) is 30.9. The lowest BCUT2D eigenvalue weighted by molar-refractivity contribution is 0.0734. The van der Waals surface area contributed by atoms with Crippen molar-refractivity contribution in [1.82, 2.24) is 59.8 Å². The molecule has 18 heteroatoms. The van der Waals surface area contributed by atoms with Crippen LogP contribution in [0.5, 0.6) is 17.2 Å². The molecule has 0 saturated carbocycles. The number of hydrogen-bond donors (Lipinski definition) is 0. The van der Waals surface area contributed by atoms with Gasteiger partial charge in [-0.1, -0.05) is 125 Å². The van der Waals surface area contributed by atoms with Gasteiger partial charge in [0.05, 0.1) is 33.8 Å². The van der Waals surface area contributed by atoms with Gasteiger partial charge in [-0.2, -0.15) is 0 Å². The first-order chi connectivity index (χ1) is 43.5. The summed E-state index contributed by atoms with van der Waals surface area (Å²) in [6.45, 7) is 37.3. The van der Waals surface area contributed by atoms with Crippen LogP contribution < -0.4 is 14.2 Å². The molecule has 18 nitrogen and oxygen atoms in total. The van der Waals surface area contributed by atoms with Crippen LogP contribution in [-0.4, -0.2) is 77.7 Å². The van der Waals surface area contributed by atoms with Crippen molar-refractivity contribution in [2.24, 2.45) is 0 Å². The topological polar surface area (TPSA) is 234 Å². The van der Waals surface area contributed by atoms with E-state index in [0.717, 1.165) is 33.4 Å². The van der Waals surface area contributed by atoms with E-state index < -0.39 is 17.9 Å². The highest BCUT2D eigenvalue weighted by atomic mass is 16.5. The minimum Gasteiger partial charge on any atom is -0.423 e.